The van der Waals surface area contributed by atoms with Gasteiger partial charge in [0.05, 0.1) is 24.9 Å². The number of aliphatic hydroxyl groups excluding tert-OH is 1. The summed E-state index contributed by atoms with van der Waals surface area (Å²) in [6, 6.07) is 2.77. The van der Waals surface area contributed by atoms with E-state index in [4.69, 9.17) is 15.6 Å². The Morgan fingerprint density at radius 1 is 1.37 bits per heavy atom. The quantitative estimate of drug-likeness (QED) is 0.648. The summed E-state index contributed by atoms with van der Waals surface area (Å²) in [6.07, 6.45) is 0. The van der Waals surface area contributed by atoms with Crippen molar-refractivity contribution in [3.05, 3.63) is 23.3 Å². The van der Waals surface area contributed by atoms with Gasteiger partial charge in [-0.3, -0.25) is 0 Å². The molecule has 0 saturated carbocycles. The maximum absolute atomic E-state index is 12.3. The van der Waals surface area contributed by atoms with Gasteiger partial charge >= 0.3 is 0 Å². The van der Waals surface area contributed by atoms with Crippen LogP contribution < -0.4 is 10.5 Å². The molecule has 0 aliphatic carbocycles. The topological polar surface area (TPSA) is 102 Å². The van der Waals surface area contributed by atoms with Crippen LogP contribution in [0.2, 0.25) is 0 Å². The average Bonchev–Trinajstić information content (AvgIpc) is 2.33. The lowest BCUT2D eigenvalue weighted by Gasteiger charge is -2.18. The minimum Gasteiger partial charge on any atom is -0.397 e. The summed E-state index contributed by atoms with van der Waals surface area (Å²) in [7, 11) is -2.36. The zero-order valence-corrected chi connectivity index (χ0v) is 12.1. The molecule has 0 radical (unpaired) electrons. The molecule has 1 atom stereocenters. The molecule has 1 unspecified atom stereocenters. The molecule has 4 N–H and O–H groups in total. The third kappa shape index (κ3) is 3.66. The molecule has 1 rings (SSSR count). The Bertz CT molecular complexity index is 543. The molecule has 0 saturated heterocycles. The van der Waals surface area contributed by atoms with Crippen LogP contribution >= 0.6 is 0 Å². The molecule has 0 aromatic heterocycles. The zero-order valence-electron chi connectivity index (χ0n) is 11.3. The largest absolute Gasteiger partial charge is 0.397 e. The van der Waals surface area contributed by atoms with Crippen molar-refractivity contribution in [3.8, 4) is 0 Å². The fourth-order valence-corrected chi connectivity index (χ4v) is 3.41. The van der Waals surface area contributed by atoms with Crippen LogP contribution in [0.15, 0.2) is 17.0 Å². The van der Waals surface area contributed by atoms with Crippen molar-refractivity contribution >= 4 is 15.7 Å². The van der Waals surface area contributed by atoms with E-state index in [0.717, 1.165) is 0 Å². The first-order valence-electron chi connectivity index (χ1n) is 5.81. The van der Waals surface area contributed by atoms with Crippen LogP contribution in [0.1, 0.15) is 11.1 Å². The van der Waals surface area contributed by atoms with Crippen LogP contribution in [0.25, 0.3) is 0 Å². The Labute approximate surface area is 113 Å². The number of benzene rings is 1. The molecule has 0 fully saturated rings. The number of hydrogen-bond donors (Lipinski definition) is 3. The first-order chi connectivity index (χ1) is 8.83. The lowest BCUT2D eigenvalue weighted by atomic mass is 10.1. The molecule has 1 aromatic carbocycles. The van der Waals surface area contributed by atoms with Crippen molar-refractivity contribution in [1.82, 2.24) is 4.72 Å². The lowest BCUT2D eigenvalue weighted by molar-refractivity contribution is 0.139. The molecule has 19 heavy (non-hydrogen) atoms. The average molecular weight is 288 g/mol. The van der Waals surface area contributed by atoms with Crippen LogP contribution in [-0.2, 0) is 14.8 Å². The van der Waals surface area contributed by atoms with E-state index in [-0.39, 0.29) is 23.8 Å². The number of anilines is 1. The van der Waals surface area contributed by atoms with E-state index in [1.54, 1.807) is 26.0 Å². The number of sulfonamides is 1. The summed E-state index contributed by atoms with van der Waals surface area (Å²) >= 11 is 0. The first kappa shape index (κ1) is 15.9. The molecule has 7 heteroatoms. The minimum atomic E-state index is -3.79. The van der Waals surface area contributed by atoms with E-state index in [2.05, 4.69) is 4.72 Å². The summed E-state index contributed by atoms with van der Waals surface area (Å²) in [5.41, 5.74) is 7.32. The Balaban J connectivity index is 3.17. The highest BCUT2D eigenvalue weighted by molar-refractivity contribution is 7.89. The first-order valence-corrected chi connectivity index (χ1v) is 7.29. The van der Waals surface area contributed by atoms with E-state index >= 15 is 0 Å². The number of ether oxygens (including phenoxy) is 1. The van der Waals surface area contributed by atoms with Crippen molar-refractivity contribution in [2.75, 3.05) is 26.1 Å². The van der Waals surface area contributed by atoms with Gasteiger partial charge in [0.2, 0.25) is 10.0 Å². The SMILES string of the molecule is COCC(CO)NS(=O)(=O)c1c(C)ccc(C)c1N. The number of methoxy groups -OCH3 is 1. The summed E-state index contributed by atoms with van der Waals surface area (Å²) in [4.78, 5) is 0.0575. The van der Waals surface area contributed by atoms with Crippen molar-refractivity contribution in [2.24, 2.45) is 0 Å². The Morgan fingerprint density at radius 2 is 1.95 bits per heavy atom. The smallest absolute Gasteiger partial charge is 0.243 e. The number of nitrogens with one attached hydrogen (secondary N) is 1. The van der Waals surface area contributed by atoms with Crippen LogP contribution in [0.3, 0.4) is 0 Å². The van der Waals surface area contributed by atoms with Crippen molar-refractivity contribution in [1.29, 1.82) is 0 Å². The molecule has 0 amide bonds. The van der Waals surface area contributed by atoms with E-state index in [9.17, 15) is 8.42 Å². The van der Waals surface area contributed by atoms with E-state index < -0.39 is 16.1 Å². The minimum absolute atomic E-state index is 0.0575. The fraction of sp³-hybridized carbons (Fsp3) is 0.500. The summed E-state index contributed by atoms with van der Waals surface area (Å²) < 4.78 is 31.9. The molecule has 6 nitrogen and oxygen atoms in total. The Kier molecular flexibility index (Phi) is 5.30. The van der Waals surface area contributed by atoms with Crippen LogP contribution in [-0.4, -0.2) is 39.9 Å². The second-order valence-electron chi connectivity index (χ2n) is 4.40. The lowest BCUT2D eigenvalue weighted by Crippen LogP contribution is -2.41. The van der Waals surface area contributed by atoms with Gasteiger partial charge in [0, 0.05) is 7.11 Å². The van der Waals surface area contributed by atoms with E-state index in [0.29, 0.717) is 11.1 Å². The van der Waals surface area contributed by atoms with E-state index in [1.165, 1.54) is 7.11 Å². The van der Waals surface area contributed by atoms with Gasteiger partial charge in [-0.25, -0.2) is 13.1 Å². The molecule has 0 aliphatic rings. The maximum Gasteiger partial charge on any atom is 0.243 e. The Hall–Kier alpha value is -1.15. The normalized spacial score (nSPS) is 13.5. The van der Waals surface area contributed by atoms with Crippen molar-refractivity contribution in [2.45, 2.75) is 24.8 Å². The maximum atomic E-state index is 12.3. The highest BCUT2D eigenvalue weighted by Gasteiger charge is 2.24. The highest BCUT2D eigenvalue weighted by Crippen LogP contribution is 2.25. The van der Waals surface area contributed by atoms with Crippen LogP contribution in [0.5, 0.6) is 0 Å². The van der Waals surface area contributed by atoms with Crippen LogP contribution in [0, 0.1) is 13.8 Å². The van der Waals surface area contributed by atoms with Gasteiger partial charge in [-0.15, -0.1) is 0 Å². The van der Waals surface area contributed by atoms with Gasteiger partial charge in [0.15, 0.2) is 0 Å². The Morgan fingerprint density at radius 3 is 2.47 bits per heavy atom. The number of nitrogen functional groups attached to an aromatic ring is 1. The molecular weight excluding hydrogens is 268 g/mol. The number of nitrogens with two attached hydrogens (primary N) is 1. The molecule has 0 spiro atoms. The second-order valence-corrected chi connectivity index (χ2v) is 6.05. The van der Waals surface area contributed by atoms with Gasteiger partial charge in [-0.05, 0) is 25.0 Å². The zero-order chi connectivity index (χ0) is 14.6. The van der Waals surface area contributed by atoms with Gasteiger partial charge in [0.25, 0.3) is 0 Å². The predicted octanol–water partition coefficient (Wildman–Crippen LogP) is 0.171. The monoisotopic (exact) mass is 288 g/mol. The molecule has 1 aromatic rings. The molecule has 0 bridgehead atoms. The third-order valence-corrected chi connectivity index (χ3v) is 4.51. The number of hydrogen-bond acceptors (Lipinski definition) is 5. The van der Waals surface area contributed by atoms with Gasteiger partial charge in [0.1, 0.15) is 4.90 Å². The molecule has 0 aliphatic heterocycles. The second kappa shape index (κ2) is 6.33. The van der Waals surface area contributed by atoms with Gasteiger partial charge < -0.3 is 15.6 Å². The molecule has 0 heterocycles. The third-order valence-electron chi connectivity index (χ3n) is 2.79. The highest BCUT2D eigenvalue weighted by atomic mass is 32.2. The molecular formula is C12H20N2O4S. The van der Waals surface area contributed by atoms with Gasteiger partial charge in [-0.1, -0.05) is 12.1 Å². The number of aliphatic hydroxyl groups is 1. The summed E-state index contributed by atoms with van der Waals surface area (Å²) in [5.74, 6) is 0. The van der Waals surface area contributed by atoms with E-state index in [1.807, 2.05) is 0 Å². The number of rotatable bonds is 6. The fourth-order valence-electron chi connectivity index (χ4n) is 1.77. The van der Waals surface area contributed by atoms with Crippen molar-refractivity contribution in [3.63, 3.8) is 0 Å². The summed E-state index contributed by atoms with van der Waals surface area (Å²) in [5, 5.41) is 9.12. The predicted molar refractivity (Wildman–Crippen MR) is 73.4 cm³/mol. The summed E-state index contributed by atoms with van der Waals surface area (Å²) in [6.45, 7) is 3.15. The van der Waals surface area contributed by atoms with Crippen molar-refractivity contribution < 1.29 is 18.3 Å². The van der Waals surface area contributed by atoms with Crippen LogP contribution in [0.4, 0.5) is 5.69 Å². The number of aryl methyl sites for hydroxylation is 2. The molecule has 108 valence electrons. The van der Waals surface area contributed by atoms with Gasteiger partial charge in [-0.2, -0.15) is 0 Å². The standard InChI is InChI=1S/C12H20N2O4S/c1-8-4-5-9(2)12(11(8)13)19(16,17)14-10(6-15)7-18-3/h4-5,10,14-15H,6-7,13H2,1-3H3.